The number of halogens is 3. The van der Waals surface area contributed by atoms with Crippen LogP contribution in [-0.4, -0.2) is 72.3 Å². The molecule has 0 aliphatic carbocycles. The van der Waals surface area contributed by atoms with E-state index in [9.17, 15) is 22.8 Å². The van der Waals surface area contributed by atoms with Crippen molar-refractivity contribution < 1.29 is 22.8 Å². The lowest BCUT2D eigenvalue weighted by Gasteiger charge is -2.34. The van der Waals surface area contributed by atoms with Gasteiger partial charge in [0.15, 0.2) is 0 Å². The minimum atomic E-state index is -4.53. The maximum atomic E-state index is 13.9. The number of nitrogens with two attached hydrogens (primary N) is 1. The van der Waals surface area contributed by atoms with Gasteiger partial charge in [-0.1, -0.05) is 26.0 Å². The van der Waals surface area contributed by atoms with Gasteiger partial charge in [0.05, 0.1) is 12.1 Å². The number of nitrogens with one attached hydrogen (secondary N) is 1. The van der Waals surface area contributed by atoms with Crippen molar-refractivity contribution in [2.45, 2.75) is 39.0 Å². The summed E-state index contributed by atoms with van der Waals surface area (Å²) >= 11 is 0. The zero-order valence-electron chi connectivity index (χ0n) is 21.3. The second-order valence-corrected chi connectivity index (χ2v) is 9.98. The van der Waals surface area contributed by atoms with Crippen LogP contribution in [0.15, 0.2) is 36.4 Å². The standard InChI is InChI=1S/C27H34F3N5O2/c1-3-33-8-10-34(11-9-33)15-20-4-6-22(13-24(20)27(28,29)30)32-26(37)19-5-7-23-18(2)14-35(17-25(31)36)16-21(23)12-19/h4-7,12-13,18H,3,8-11,14-17H2,1-2H3,(H2,31,36)(H,32,37)/t18-/m0/s1. The number of carbonyl (C=O) groups is 2. The summed E-state index contributed by atoms with van der Waals surface area (Å²) in [6.45, 7) is 9.67. The second-order valence-electron chi connectivity index (χ2n) is 9.98. The number of carbonyl (C=O) groups excluding carboxylic acids is 2. The summed E-state index contributed by atoms with van der Waals surface area (Å²) < 4.78 is 41.8. The monoisotopic (exact) mass is 517 g/mol. The summed E-state index contributed by atoms with van der Waals surface area (Å²) in [6, 6.07) is 9.30. The quantitative estimate of drug-likeness (QED) is 0.588. The predicted octanol–water partition coefficient (Wildman–Crippen LogP) is 3.50. The molecule has 2 heterocycles. The van der Waals surface area contributed by atoms with Gasteiger partial charge < -0.3 is 16.0 Å². The number of hydrogen-bond donors (Lipinski definition) is 2. The Morgan fingerprint density at radius 1 is 1.03 bits per heavy atom. The first-order chi connectivity index (χ1) is 17.5. The number of anilines is 1. The van der Waals surface area contributed by atoms with Crippen molar-refractivity contribution in [2.24, 2.45) is 5.73 Å². The zero-order valence-corrected chi connectivity index (χ0v) is 21.3. The van der Waals surface area contributed by atoms with Crippen LogP contribution in [0.5, 0.6) is 0 Å². The Labute approximate surface area is 215 Å². The van der Waals surface area contributed by atoms with Crippen LogP contribution in [0.2, 0.25) is 0 Å². The second kappa shape index (κ2) is 11.2. The van der Waals surface area contributed by atoms with Crippen molar-refractivity contribution in [3.63, 3.8) is 0 Å². The lowest BCUT2D eigenvalue weighted by Crippen LogP contribution is -2.45. The number of likely N-dealkylation sites (N-methyl/N-ethyl adjacent to an activating group) is 1. The molecule has 0 unspecified atom stereocenters. The summed E-state index contributed by atoms with van der Waals surface area (Å²) in [7, 11) is 0. The van der Waals surface area contributed by atoms with Crippen molar-refractivity contribution in [1.82, 2.24) is 14.7 Å². The van der Waals surface area contributed by atoms with Crippen LogP contribution < -0.4 is 11.1 Å². The van der Waals surface area contributed by atoms with Crippen LogP contribution in [0.3, 0.4) is 0 Å². The van der Waals surface area contributed by atoms with E-state index in [0.717, 1.165) is 49.9 Å². The number of fused-ring (bicyclic) bond motifs is 1. The number of hydrogen-bond acceptors (Lipinski definition) is 5. The maximum Gasteiger partial charge on any atom is 0.416 e. The van der Waals surface area contributed by atoms with E-state index in [1.165, 1.54) is 12.1 Å². The Bertz CT molecular complexity index is 1150. The number of alkyl halides is 3. The molecule has 2 aliphatic rings. The van der Waals surface area contributed by atoms with Gasteiger partial charge in [-0.3, -0.25) is 19.4 Å². The highest BCUT2D eigenvalue weighted by Crippen LogP contribution is 2.35. The molecule has 4 rings (SSSR count). The number of rotatable bonds is 7. The first kappa shape index (κ1) is 27.1. The normalized spacial score (nSPS) is 19.4. The van der Waals surface area contributed by atoms with Gasteiger partial charge in [0.2, 0.25) is 5.91 Å². The Kier molecular flexibility index (Phi) is 8.20. The Morgan fingerprint density at radius 3 is 2.38 bits per heavy atom. The first-order valence-electron chi connectivity index (χ1n) is 12.6. The number of piperazine rings is 1. The molecule has 2 aromatic rings. The SMILES string of the molecule is CCN1CCN(Cc2ccc(NC(=O)c3ccc4c(c3)CN(CC(N)=O)C[C@@H]4C)cc2C(F)(F)F)CC1. The summed E-state index contributed by atoms with van der Waals surface area (Å²) in [5, 5.41) is 2.63. The minimum Gasteiger partial charge on any atom is -0.369 e. The molecular weight excluding hydrogens is 483 g/mol. The molecule has 0 saturated carbocycles. The van der Waals surface area contributed by atoms with Gasteiger partial charge in [-0.25, -0.2) is 0 Å². The third-order valence-corrected chi connectivity index (χ3v) is 7.22. The molecule has 0 spiro atoms. The third kappa shape index (κ3) is 6.68. The fraction of sp³-hybridized carbons (Fsp3) is 0.481. The molecular formula is C27H34F3N5O2. The average Bonchev–Trinajstić information content (AvgIpc) is 2.84. The highest BCUT2D eigenvalue weighted by molar-refractivity contribution is 6.04. The Hall–Kier alpha value is -2.95. The van der Waals surface area contributed by atoms with Crippen LogP contribution >= 0.6 is 0 Å². The van der Waals surface area contributed by atoms with Crippen LogP contribution in [0, 0.1) is 0 Å². The van der Waals surface area contributed by atoms with E-state index in [1.54, 1.807) is 12.1 Å². The average molecular weight is 518 g/mol. The van der Waals surface area contributed by atoms with Gasteiger partial charge in [0.1, 0.15) is 0 Å². The molecule has 1 fully saturated rings. The van der Waals surface area contributed by atoms with E-state index in [-0.39, 0.29) is 30.3 Å². The molecule has 3 N–H and O–H groups in total. The molecule has 1 atom stereocenters. The summed E-state index contributed by atoms with van der Waals surface area (Å²) in [4.78, 5) is 30.6. The third-order valence-electron chi connectivity index (χ3n) is 7.22. The predicted molar refractivity (Wildman–Crippen MR) is 136 cm³/mol. The van der Waals surface area contributed by atoms with Gasteiger partial charge in [-0.15, -0.1) is 0 Å². The highest BCUT2D eigenvalue weighted by atomic mass is 19.4. The fourth-order valence-corrected chi connectivity index (χ4v) is 5.26. The molecule has 0 bridgehead atoms. The smallest absolute Gasteiger partial charge is 0.369 e. The largest absolute Gasteiger partial charge is 0.416 e. The van der Waals surface area contributed by atoms with Crippen molar-refractivity contribution in [1.29, 1.82) is 0 Å². The van der Waals surface area contributed by atoms with Gasteiger partial charge >= 0.3 is 6.18 Å². The lowest BCUT2D eigenvalue weighted by molar-refractivity contribution is -0.138. The van der Waals surface area contributed by atoms with Gasteiger partial charge in [0.25, 0.3) is 5.91 Å². The molecule has 200 valence electrons. The molecule has 10 heteroatoms. The van der Waals surface area contributed by atoms with Crippen molar-refractivity contribution >= 4 is 17.5 Å². The first-order valence-corrected chi connectivity index (χ1v) is 12.6. The number of primary amides is 1. The van der Waals surface area contributed by atoms with Crippen molar-refractivity contribution in [3.05, 3.63) is 64.2 Å². The molecule has 0 radical (unpaired) electrons. The summed E-state index contributed by atoms with van der Waals surface area (Å²) in [5.41, 5.74) is 7.24. The Morgan fingerprint density at radius 2 is 1.73 bits per heavy atom. The summed E-state index contributed by atoms with van der Waals surface area (Å²) in [6.07, 6.45) is -4.53. The van der Waals surface area contributed by atoms with E-state index in [1.807, 2.05) is 22.8 Å². The highest BCUT2D eigenvalue weighted by Gasteiger charge is 2.34. The lowest BCUT2D eigenvalue weighted by atomic mass is 9.89. The van der Waals surface area contributed by atoms with E-state index in [2.05, 4.69) is 17.1 Å². The number of nitrogens with zero attached hydrogens (tertiary/aromatic N) is 3. The van der Waals surface area contributed by atoms with Gasteiger partial charge in [0, 0.05) is 57.1 Å². The van der Waals surface area contributed by atoms with Crippen molar-refractivity contribution in [3.8, 4) is 0 Å². The molecule has 7 nitrogen and oxygen atoms in total. The molecule has 37 heavy (non-hydrogen) atoms. The van der Waals surface area contributed by atoms with Gasteiger partial charge in [-0.05, 0) is 53.4 Å². The number of amides is 2. The maximum absolute atomic E-state index is 13.9. The number of benzene rings is 2. The zero-order chi connectivity index (χ0) is 26.7. The van der Waals surface area contributed by atoms with Gasteiger partial charge in [-0.2, -0.15) is 13.2 Å². The van der Waals surface area contributed by atoms with Crippen LogP contribution in [0.4, 0.5) is 18.9 Å². The van der Waals surface area contributed by atoms with E-state index in [4.69, 9.17) is 5.73 Å². The molecule has 2 aliphatic heterocycles. The van der Waals surface area contributed by atoms with E-state index >= 15 is 0 Å². The van der Waals surface area contributed by atoms with E-state index in [0.29, 0.717) is 18.7 Å². The van der Waals surface area contributed by atoms with Crippen LogP contribution in [0.25, 0.3) is 0 Å². The molecule has 1 saturated heterocycles. The van der Waals surface area contributed by atoms with Crippen LogP contribution in [-0.2, 0) is 24.1 Å². The molecule has 0 aromatic heterocycles. The molecule has 2 amide bonds. The topological polar surface area (TPSA) is 81.9 Å². The summed E-state index contributed by atoms with van der Waals surface area (Å²) in [5.74, 6) is -0.747. The fourth-order valence-electron chi connectivity index (χ4n) is 5.26. The van der Waals surface area contributed by atoms with Crippen LogP contribution in [0.1, 0.15) is 52.4 Å². The van der Waals surface area contributed by atoms with E-state index < -0.39 is 23.6 Å². The molecule has 2 aromatic carbocycles. The van der Waals surface area contributed by atoms with Crippen molar-refractivity contribution in [2.75, 3.05) is 51.1 Å². The minimum absolute atomic E-state index is 0.0957. The Balaban J connectivity index is 1.49.